The number of amides is 1. The lowest BCUT2D eigenvalue weighted by Crippen LogP contribution is -2.19. The zero-order valence-electron chi connectivity index (χ0n) is 11.5. The zero-order valence-corrected chi connectivity index (χ0v) is 15.4. The van der Waals surface area contributed by atoms with Crippen molar-refractivity contribution in [2.24, 2.45) is 4.99 Å². The quantitative estimate of drug-likeness (QED) is 0.629. The maximum absolute atomic E-state index is 12.0. The van der Waals surface area contributed by atoms with E-state index in [1.807, 2.05) is 30.3 Å². The Kier molecular flexibility index (Phi) is 5.11. The van der Waals surface area contributed by atoms with Gasteiger partial charge >= 0.3 is 0 Å². The van der Waals surface area contributed by atoms with Crippen LogP contribution >= 0.6 is 50.9 Å². The maximum Gasteiger partial charge on any atom is 0.264 e. The molecule has 0 atom stereocenters. The summed E-state index contributed by atoms with van der Waals surface area (Å²) in [4.78, 5) is 17.0. The zero-order chi connectivity index (χ0) is 16.4. The van der Waals surface area contributed by atoms with Gasteiger partial charge in [0, 0.05) is 4.47 Å². The number of halogens is 3. The molecule has 0 unspecified atom stereocenters. The first-order valence-corrected chi connectivity index (χ1v) is 8.88. The third kappa shape index (κ3) is 4.18. The van der Waals surface area contributed by atoms with Crippen molar-refractivity contribution < 1.29 is 4.79 Å². The van der Waals surface area contributed by atoms with Crippen LogP contribution in [0.25, 0.3) is 6.08 Å². The van der Waals surface area contributed by atoms with Gasteiger partial charge < -0.3 is 5.32 Å². The van der Waals surface area contributed by atoms with Gasteiger partial charge in [0.15, 0.2) is 5.17 Å². The molecule has 116 valence electrons. The number of hydrogen-bond donors (Lipinski definition) is 1. The van der Waals surface area contributed by atoms with E-state index in [4.69, 9.17) is 23.2 Å². The lowest BCUT2D eigenvalue weighted by atomic mass is 10.2. The number of thioether (sulfide) groups is 1. The van der Waals surface area contributed by atoms with Crippen molar-refractivity contribution in [3.8, 4) is 0 Å². The van der Waals surface area contributed by atoms with Crippen LogP contribution in [-0.2, 0) is 4.79 Å². The Labute approximate surface area is 155 Å². The Morgan fingerprint density at radius 1 is 1.13 bits per heavy atom. The van der Waals surface area contributed by atoms with Gasteiger partial charge in [-0.15, -0.1) is 0 Å². The van der Waals surface area contributed by atoms with Crippen molar-refractivity contribution in [1.82, 2.24) is 5.32 Å². The molecule has 2 aromatic rings. The lowest BCUT2D eigenvalue weighted by Gasteiger charge is -1.99. The fourth-order valence-corrected chi connectivity index (χ4v) is 3.45. The first-order chi connectivity index (χ1) is 11.0. The molecule has 1 heterocycles. The number of amidine groups is 1. The number of nitrogens with one attached hydrogen (secondary N) is 1. The summed E-state index contributed by atoms with van der Waals surface area (Å²) in [7, 11) is 0. The molecule has 0 aromatic heterocycles. The molecule has 1 N–H and O–H groups in total. The van der Waals surface area contributed by atoms with Crippen molar-refractivity contribution in [1.29, 1.82) is 0 Å². The minimum absolute atomic E-state index is 0.172. The first kappa shape index (κ1) is 16.6. The Hall–Kier alpha value is -1.27. The van der Waals surface area contributed by atoms with Gasteiger partial charge in [-0.25, -0.2) is 4.99 Å². The largest absolute Gasteiger partial charge is 0.300 e. The summed E-state index contributed by atoms with van der Waals surface area (Å²) in [6.07, 6.45) is 1.82. The van der Waals surface area contributed by atoms with Crippen molar-refractivity contribution in [2.75, 3.05) is 0 Å². The molecule has 0 saturated carbocycles. The average molecular weight is 428 g/mol. The average Bonchev–Trinajstić information content (AvgIpc) is 2.83. The molecular weight excluding hydrogens is 419 g/mol. The fraction of sp³-hybridized carbons (Fsp3) is 0. The summed E-state index contributed by atoms with van der Waals surface area (Å²) >= 11 is 16.5. The van der Waals surface area contributed by atoms with Crippen LogP contribution in [0.3, 0.4) is 0 Å². The van der Waals surface area contributed by atoms with Gasteiger partial charge in [0.05, 0.1) is 20.6 Å². The second-order valence-electron chi connectivity index (χ2n) is 4.64. The van der Waals surface area contributed by atoms with Gasteiger partial charge in [0.2, 0.25) is 0 Å². The molecule has 1 fully saturated rings. The number of aliphatic imine (C=N–C) groups is 1. The minimum Gasteiger partial charge on any atom is -0.300 e. The summed E-state index contributed by atoms with van der Waals surface area (Å²) in [5.74, 6) is -0.172. The summed E-state index contributed by atoms with van der Waals surface area (Å²) in [5, 5.41) is 4.14. The van der Waals surface area contributed by atoms with Crippen molar-refractivity contribution in [2.45, 2.75) is 0 Å². The fourth-order valence-electron chi connectivity index (χ4n) is 1.90. The molecule has 1 aliphatic heterocycles. The number of carbonyl (C=O) groups is 1. The number of benzene rings is 2. The van der Waals surface area contributed by atoms with E-state index in [0.717, 1.165) is 10.0 Å². The van der Waals surface area contributed by atoms with Crippen LogP contribution in [0, 0.1) is 0 Å². The van der Waals surface area contributed by atoms with Gasteiger partial charge in [-0.3, -0.25) is 4.79 Å². The molecule has 23 heavy (non-hydrogen) atoms. The number of nitrogens with zero attached hydrogens (tertiary/aromatic N) is 1. The number of hydrogen-bond acceptors (Lipinski definition) is 3. The van der Waals surface area contributed by atoms with Gasteiger partial charge in [-0.2, -0.15) is 0 Å². The van der Waals surface area contributed by atoms with Gasteiger partial charge in [-0.1, -0.05) is 51.3 Å². The third-order valence-corrected chi connectivity index (χ3v) is 5.07. The van der Waals surface area contributed by atoms with Crippen LogP contribution in [0.4, 0.5) is 5.69 Å². The molecule has 2 aromatic carbocycles. The lowest BCUT2D eigenvalue weighted by molar-refractivity contribution is -0.115. The van der Waals surface area contributed by atoms with E-state index in [1.165, 1.54) is 11.8 Å². The smallest absolute Gasteiger partial charge is 0.264 e. The number of rotatable bonds is 2. The van der Waals surface area contributed by atoms with Crippen LogP contribution in [0.1, 0.15) is 5.56 Å². The highest BCUT2D eigenvalue weighted by Gasteiger charge is 2.23. The van der Waals surface area contributed by atoms with Crippen LogP contribution in [0.15, 0.2) is 56.8 Å². The second-order valence-corrected chi connectivity index (χ2v) is 7.40. The SMILES string of the molecule is O=C1NC(=Nc2ccc(Cl)c(Cl)c2)S/C1=C/c1cccc(Br)c1. The van der Waals surface area contributed by atoms with E-state index in [1.54, 1.807) is 18.2 Å². The van der Waals surface area contributed by atoms with E-state index in [2.05, 4.69) is 26.2 Å². The topological polar surface area (TPSA) is 41.5 Å². The minimum atomic E-state index is -0.172. The molecular formula is C16H9BrCl2N2OS. The Morgan fingerprint density at radius 3 is 2.70 bits per heavy atom. The monoisotopic (exact) mass is 426 g/mol. The predicted octanol–water partition coefficient (Wildman–Crippen LogP) is 5.65. The molecule has 1 amide bonds. The Balaban J connectivity index is 1.84. The molecule has 0 spiro atoms. The molecule has 7 heteroatoms. The Morgan fingerprint density at radius 2 is 1.96 bits per heavy atom. The first-order valence-electron chi connectivity index (χ1n) is 6.51. The van der Waals surface area contributed by atoms with Gasteiger partial charge in [0.25, 0.3) is 5.91 Å². The molecule has 3 rings (SSSR count). The normalized spacial score (nSPS) is 17.8. The van der Waals surface area contributed by atoms with Crippen molar-refractivity contribution >= 4 is 73.7 Å². The standard InChI is InChI=1S/C16H9BrCl2N2OS/c17-10-3-1-2-9(6-10)7-14-15(22)21-16(23-14)20-11-4-5-12(18)13(19)8-11/h1-8H,(H,20,21,22)/b14-7+. The summed E-state index contributed by atoms with van der Waals surface area (Å²) in [6.45, 7) is 0. The highest BCUT2D eigenvalue weighted by Crippen LogP contribution is 2.31. The van der Waals surface area contributed by atoms with Crippen LogP contribution in [0.5, 0.6) is 0 Å². The van der Waals surface area contributed by atoms with Gasteiger partial charge in [-0.05, 0) is 53.7 Å². The van der Waals surface area contributed by atoms with E-state index in [9.17, 15) is 4.79 Å². The van der Waals surface area contributed by atoms with Crippen LogP contribution in [0.2, 0.25) is 10.0 Å². The maximum atomic E-state index is 12.0. The molecule has 0 bridgehead atoms. The summed E-state index contributed by atoms with van der Waals surface area (Å²) < 4.78 is 0.958. The molecule has 0 radical (unpaired) electrons. The van der Waals surface area contributed by atoms with E-state index >= 15 is 0 Å². The predicted molar refractivity (Wildman–Crippen MR) is 101 cm³/mol. The molecule has 0 aliphatic carbocycles. The van der Waals surface area contributed by atoms with Crippen LogP contribution in [-0.4, -0.2) is 11.1 Å². The summed E-state index contributed by atoms with van der Waals surface area (Å²) in [5.41, 5.74) is 1.57. The summed E-state index contributed by atoms with van der Waals surface area (Å²) in [6, 6.07) is 12.8. The van der Waals surface area contributed by atoms with E-state index in [-0.39, 0.29) is 5.91 Å². The van der Waals surface area contributed by atoms with Crippen molar-refractivity contribution in [3.63, 3.8) is 0 Å². The molecule has 1 saturated heterocycles. The highest BCUT2D eigenvalue weighted by molar-refractivity contribution is 9.10. The molecule has 3 nitrogen and oxygen atoms in total. The van der Waals surface area contributed by atoms with Crippen molar-refractivity contribution in [3.05, 3.63) is 67.5 Å². The highest BCUT2D eigenvalue weighted by atomic mass is 79.9. The van der Waals surface area contributed by atoms with E-state index < -0.39 is 0 Å². The Bertz CT molecular complexity index is 852. The van der Waals surface area contributed by atoms with Gasteiger partial charge in [0.1, 0.15) is 0 Å². The molecule has 1 aliphatic rings. The third-order valence-electron chi connectivity index (χ3n) is 2.93. The van der Waals surface area contributed by atoms with E-state index in [0.29, 0.717) is 25.8 Å². The number of carbonyl (C=O) groups excluding carboxylic acids is 1. The second kappa shape index (κ2) is 7.09. The van der Waals surface area contributed by atoms with Crippen LogP contribution < -0.4 is 5.32 Å².